The molecule has 2 rings (SSSR count). The van der Waals surface area contributed by atoms with Crippen LogP contribution in [0.4, 0.5) is 11.4 Å². The van der Waals surface area contributed by atoms with E-state index in [1.54, 1.807) is 0 Å². The number of amides is 1. The average Bonchev–Trinajstić information content (AvgIpc) is 2.53. The maximum Gasteiger partial charge on any atom is 0.243 e. The number of hydrogen-bond donors (Lipinski definition) is 2. The number of carbonyl (C=O) groups is 1. The van der Waals surface area contributed by atoms with E-state index >= 15 is 0 Å². The number of anilines is 2. The zero-order valence-electron chi connectivity index (χ0n) is 15.7. The smallest absolute Gasteiger partial charge is 0.243 e. The zero-order valence-corrected chi connectivity index (χ0v) is 15.7. The van der Waals surface area contributed by atoms with Crippen molar-refractivity contribution >= 4 is 17.3 Å². The van der Waals surface area contributed by atoms with E-state index < -0.39 is 0 Å². The number of para-hydroxylation sites is 3. The summed E-state index contributed by atoms with van der Waals surface area (Å²) in [6.45, 7) is 10.5. The van der Waals surface area contributed by atoms with E-state index in [4.69, 9.17) is 4.74 Å². The van der Waals surface area contributed by atoms with Gasteiger partial charge in [0.15, 0.2) is 0 Å². The molecule has 0 spiro atoms. The van der Waals surface area contributed by atoms with E-state index in [2.05, 4.69) is 37.5 Å². The Morgan fingerprint density at radius 3 is 2.24 bits per heavy atom. The Labute approximate surface area is 150 Å². The maximum atomic E-state index is 12.4. The van der Waals surface area contributed by atoms with Gasteiger partial charge in [0.05, 0.1) is 18.3 Å². The van der Waals surface area contributed by atoms with Gasteiger partial charge in [-0.25, -0.2) is 0 Å². The van der Waals surface area contributed by atoms with Crippen molar-refractivity contribution in [3.63, 3.8) is 0 Å². The van der Waals surface area contributed by atoms with Crippen molar-refractivity contribution in [3.05, 3.63) is 54.1 Å². The number of nitrogens with one attached hydrogen (secondary N) is 2. The van der Waals surface area contributed by atoms with E-state index in [1.165, 1.54) is 0 Å². The molecule has 0 atom stereocenters. The minimum absolute atomic E-state index is 0.0327. The van der Waals surface area contributed by atoms with Crippen LogP contribution in [0.3, 0.4) is 0 Å². The molecule has 25 heavy (non-hydrogen) atoms. The van der Waals surface area contributed by atoms with Crippen LogP contribution in [0.25, 0.3) is 0 Å². The fourth-order valence-corrected chi connectivity index (χ4v) is 2.59. The lowest BCUT2D eigenvalue weighted by Gasteiger charge is -2.23. The highest BCUT2D eigenvalue weighted by Crippen LogP contribution is 2.29. The number of ether oxygens (including phenoxy) is 1. The standard InChI is InChI=1S/C21H28N2O2/c1-15(2)25-19-13-9-8-12-18(19)22-14-20(24)23-17-11-7-6-10-16(17)21(3,4)5/h6-13,15,22H,14H2,1-5H3,(H,23,24). The first-order chi connectivity index (χ1) is 11.8. The average molecular weight is 340 g/mol. The molecular formula is C21H28N2O2. The predicted octanol–water partition coefficient (Wildman–Crippen LogP) is 4.82. The van der Waals surface area contributed by atoms with E-state index in [-0.39, 0.29) is 24.0 Å². The molecule has 1 amide bonds. The molecule has 0 bridgehead atoms. The van der Waals surface area contributed by atoms with Gasteiger partial charge < -0.3 is 15.4 Å². The van der Waals surface area contributed by atoms with Gasteiger partial charge in [0.2, 0.25) is 5.91 Å². The summed E-state index contributed by atoms with van der Waals surface area (Å²) in [7, 11) is 0. The first-order valence-corrected chi connectivity index (χ1v) is 8.66. The maximum absolute atomic E-state index is 12.4. The van der Waals surface area contributed by atoms with E-state index in [9.17, 15) is 4.79 Å². The molecule has 2 aromatic carbocycles. The highest BCUT2D eigenvalue weighted by molar-refractivity contribution is 5.94. The topological polar surface area (TPSA) is 50.4 Å². The van der Waals surface area contributed by atoms with E-state index in [1.807, 2.05) is 56.3 Å². The predicted molar refractivity (Wildman–Crippen MR) is 104 cm³/mol. The summed E-state index contributed by atoms with van der Waals surface area (Å²) in [6.07, 6.45) is 0.0791. The highest BCUT2D eigenvalue weighted by Gasteiger charge is 2.18. The summed E-state index contributed by atoms with van der Waals surface area (Å²) in [4.78, 5) is 12.4. The summed E-state index contributed by atoms with van der Waals surface area (Å²) >= 11 is 0. The molecule has 0 aliphatic rings. The second-order valence-corrected chi connectivity index (χ2v) is 7.36. The molecule has 0 aromatic heterocycles. The number of benzene rings is 2. The summed E-state index contributed by atoms with van der Waals surface area (Å²) in [5, 5.41) is 6.17. The second kappa shape index (κ2) is 8.06. The summed E-state index contributed by atoms with van der Waals surface area (Å²) in [5.41, 5.74) is 2.76. The van der Waals surface area contributed by atoms with E-state index in [0.29, 0.717) is 0 Å². The summed E-state index contributed by atoms with van der Waals surface area (Å²) < 4.78 is 5.77. The Morgan fingerprint density at radius 2 is 1.60 bits per heavy atom. The van der Waals surface area contributed by atoms with Gasteiger partial charge in [-0.1, -0.05) is 51.1 Å². The third kappa shape index (κ3) is 5.52. The van der Waals surface area contributed by atoms with Crippen molar-refractivity contribution in [2.24, 2.45) is 0 Å². The lowest BCUT2D eigenvalue weighted by atomic mass is 9.86. The largest absolute Gasteiger partial charge is 0.489 e. The minimum atomic E-state index is -0.0870. The third-order valence-corrected chi connectivity index (χ3v) is 3.70. The van der Waals surface area contributed by atoms with Gasteiger partial charge in [-0.05, 0) is 43.0 Å². The Morgan fingerprint density at radius 1 is 1.00 bits per heavy atom. The van der Waals surface area contributed by atoms with Gasteiger partial charge in [-0.3, -0.25) is 4.79 Å². The van der Waals surface area contributed by atoms with Crippen molar-refractivity contribution < 1.29 is 9.53 Å². The fourth-order valence-electron chi connectivity index (χ4n) is 2.59. The van der Waals surface area contributed by atoms with Gasteiger partial charge in [0.1, 0.15) is 5.75 Å². The molecule has 2 aromatic rings. The van der Waals surface area contributed by atoms with E-state index in [0.717, 1.165) is 22.7 Å². The minimum Gasteiger partial charge on any atom is -0.489 e. The molecule has 0 saturated carbocycles. The van der Waals surface area contributed by atoms with Crippen LogP contribution in [0.15, 0.2) is 48.5 Å². The third-order valence-electron chi connectivity index (χ3n) is 3.70. The number of rotatable bonds is 6. The van der Waals surface area contributed by atoms with Crippen LogP contribution in [-0.2, 0) is 10.2 Å². The molecule has 4 nitrogen and oxygen atoms in total. The quantitative estimate of drug-likeness (QED) is 0.792. The van der Waals surface area contributed by atoms with Gasteiger partial charge in [0, 0.05) is 5.69 Å². The normalized spacial score (nSPS) is 11.3. The van der Waals surface area contributed by atoms with Gasteiger partial charge in [-0.15, -0.1) is 0 Å². The van der Waals surface area contributed by atoms with Crippen LogP contribution < -0.4 is 15.4 Å². The molecule has 0 unspecified atom stereocenters. The first kappa shape index (κ1) is 18.8. The molecule has 0 fully saturated rings. The summed E-state index contributed by atoms with van der Waals surface area (Å²) in [5.74, 6) is 0.663. The highest BCUT2D eigenvalue weighted by atomic mass is 16.5. The molecule has 0 aliphatic heterocycles. The van der Waals surface area contributed by atoms with Crippen LogP contribution in [0.2, 0.25) is 0 Å². The number of hydrogen-bond acceptors (Lipinski definition) is 3. The Balaban J connectivity index is 2.03. The molecular weight excluding hydrogens is 312 g/mol. The van der Waals surface area contributed by atoms with Gasteiger partial charge in [-0.2, -0.15) is 0 Å². The van der Waals surface area contributed by atoms with Crippen LogP contribution in [0, 0.1) is 0 Å². The Bertz CT molecular complexity index is 718. The molecule has 134 valence electrons. The molecule has 0 aliphatic carbocycles. The van der Waals surface area contributed by atoms with Gasteiger partial charge in [0.25, 0.3) is 0 Å². The van der Waals surface area contributed by atoms with Crippen LogP contribution >= 0.6 is 0 Å². The second-order valence-electron chi connectivity index (χ2n) is 7.36. The Kier molecular flexibility index (Phi) is 6.07. The lowest BCUT2D eigenvalue weighted by Crippen LogP contribution is -2.24. The zero-order chi connectivity index (χ0) is 18.4. The molecule has 4 heteroatoms. The van der Waals surface area contributed by atoms with Crippen molar-refractivity contribution in [3.8, 4) is 5.75 Å². The SMILES string of the molecule is CC(C)Oc1ccccc1NCC(=O)Nc1ccccc1C(C)(C)C. The van der Waals surface area contributed by atoms with Crippen LogP contribution in [0.1, 0.15) is 40.2 Å². The van der Waals surface area contributed by atoms with Crippen LogP contribution in [-0.4, -0.2) is 18.6 Å². The summed E-state index contributed by atoms with van der Waals surface area (Å²) in [6, 6.07) is 15.6. The molecule has 2 N–H and O–H groups in total. The van der Waals surface area contributed by atoms with Crippen molar-refractivity contribution in [2.75, 3.05) is 17.2 Å². The van der Waals surface area contributed by atoms with Crippen molar-refractivity contribution in [1.82, 2.24) is 0 Å². The number of carbonyl (C=O) groups excluding carboxylic acids is 1. The Hall–Kier alpha value is -2.49. The van der Waals surface area contributed by atoms with Crippen molar-refractivity contribution in [1.29, 1.82) is 0 Å². The molecule has 0 saturated heterocycles. The first-order valence-electron chi connectivity index (χ1n) is 8.66. The monoisotopic (exact) mass is 340 g/mol. The molecule has 0 heterocycles. The molecule has 0 radical (unpaired) electrons. The van der Waals surface area contributed by atoms with Gasteiger partial charge >= 0.3 is 0 Å². The fraction of sp³-hybridized carbons (Fsp3) is 0.381. The lowest BCUT2D eigenvalue weighted by molar-refractivity contribution is -0.114. The van der Waals surface area contributed by atoms with Crippen LogP contribution in [0.5, 0.6) is 5.75 Å². The van der Waals surface area contributed by atoms with Crippen molar-refractivity contribution in [2.45, 2.75) is 46.1 Å².